The molecule has 3 heteroatoms. The lowest BCUT2D eigenvalue weighted by molar-refractivity contribution is 0.568. The molecule has 1 rings (SSSR count). The molecule has 15 heavy (non-hydrogen) atoms. The molecule has 0 aliphatic heterocycles. The van der Waals surface area contributed by atoms with Gasteiger partial charge >= 0.3 is 0 Å². The standard InChI is InChI=1S/C12H17Cl2N/c1-2-10(15)5-3-4-9-6-7-11(13)12(14)8-9/h6-8,10H,2-5,15H2,1H3. The van der Waals surface area contributed by atoms with Crippen LogP contribution in [-0.4, -0.2) is 6.04 Å². The first kappa shape index (κ1) is 12.8. The maximum absolute atomic E-state index is 5.93. The van der Waals surface area contributed by atoms with E-state index in [9.17, 15) is 0 Å². The van der Waals surface area contributed by atoms with Crippen LogP contribution in [0.3, 0.4) is 0 Å². The van der Waals surface area contributed by atoms with Crippen LogP contribution in [0.25, 0.3) is 0 Å². The predicted octanol–water partition coefficient (Wildman–Crippen LogP) is 4.05. The molecular weight excluding hydrogens is 229 g/mol. The summed E-state index contributed by atoms with van der Waals surface area (Å²) in [4.78, 5) is 0. The lowest BCUT2D eigenvalue weighted by Crippen LogP contribution is -2.18. The second-order valence-corrected chi connectivity index (χ2v) is 4.62. The van der Waals surface area contributed by atoms with Gasteiger partial charge in [-0.05, 0) is 43.4 Å². The lowest BCUT2D eigenvalue weighted by atomic mass is 10.0. The number of nitrogens with two attached hydrogens (primary N) is 1. The van der Waals surface area contributed by atoms with Crippen molar-refractivity contribution in [1.82, 2.24) is 0 Å². The van der Waals surface area contributed by atoms with E-state index < -0.39 is 0 Å². The van der Waals surface area contributed by atoms with Gasteiger partial charge in [0.05, 0.1) is 10.0 Å². The van der Waals surface area contributed by atoms with Gasteiger partial charge in [0, 0.05) is 6.04 Å². The van der Waals surface area contributed by atoms with E-state index in [2.05, 4.69) is 6.92 Å². The molecule has 1 nitrogen and oxygen atoms in total. The van der Waals surface area contributed by atoms with E-state index in [1.165, 1.54) is 5.56 Å². The molecule has 1 aromatic rings. The average Bonchev–Trinajstić information content (AvgIpc) is 2.23. The van der Waals surface area contributed by atoms with Gasteiger partial charge in [0.25, 0.3) is 0 Å². The Morgan fingerprint density at radius 1 is 1.27 bits per heavy atom. The number of halogens is 2. The Balaban J connectivity index is 2.41. The SMILES string of the molecule is CCC(N)CCCc1ccc(Cl)c(Cl)c1. The number of hydrogen-bond acceptors (Lipinski definition) is 1. The fourth-order valence-corrected chi connectivity index (χ4v) is 1.79. The van der Waals surface area contributed by atoms with E-state index >= 15 is 0 Å². The molecule has 0 bridgehead atoms. The zero-order chi connectivity index (χ0) is 11.3. The third kappa shape index (κ3) is 4.42. The van der Waals surface area contributed by atoms with Gasteiger partial charge in [-0.25, -0.2) is 0 Å². The molecule has 0 fully saturated rings. The molecule has 2 N–H and O–H groups in total. The van der Waals surface area contributed by atoms with Crippen molar-refractivity contribution in [2.75, 3.05) is 0 Å². The minimum Gasteiger partial charge on any atom is -0.328 e. The molecule has 0 amide bonds. The van der Waals surface area contributed by atoms with Gasteiger partial charge in [-0.15, -0.1) is 0 Å². The summed E-state index contributed by atoms with van der Waals surface area (Å²) in [6.07, 6.45) is 4.23. The highest BCUT2D eigenvalue weighted by molar-refractivity contribution is 6.42. The lowest BCUT2D eigenvalue weighted by Gasteiger charge is -2.08. The van der Waals surface area contributed by atoms with E-state index in [1.807, 2.05) is 18.2 Å². The van der Waals surface area contributed by atoms with Crippen molar-refractivity contribution < 1.29 is 0 Å². The summed E-state index contributed by atoms with van der Waals surface area (Å²) in [6.45, 7) is 2.11. The van der Waals surface area contributed by atoms with Crippen molar-refractivity contribution in [2.45, 2.75) is 38.6 Å². The number of rotatable bonds is 5. The van der Waals surface area contributed by atoms with E-state index in [4.69, 9.17) is 28.9 Å². The fourth-order valence-electron chi connectivity index (χ4n) is 1.47. The van der Waals surface area contributed by atoms with Crippen LogP contribution in [0.15, 0.2) is 18.2 Å². The largest absolute Gasteiger partial charge is 0.328 e. The normalized spacial score (nSPS) is 12.8. The molecule has 1 aromatic carbocycles. The van der Waals surface area contributed by atoms with E-state index in [1.54, 1.807) is 0 Å². The number of benzene rings is 1. The monoisotopic (exact) mass is 245 g/mol. The molecule has 84 valence electrons. The van der Waals surface area contributed by atoms with Crippen LogP contribution in [0.2, 0.25) is 10.0 Å². The third-order valence-electron chi connectivity index (χ3n) is 2.55. The zero-order valence-electron chi connectivity index (χ0n) is 8.97. The first-order valence-corrected chi connectivity index (χ1v) is 6.08. The highest BCUT2D eigenvalue weighted by Gasteiger charge is 2.02. The van der Waals surface area contributed by atoms with Gasteiger partial charge < -0.3 is 5.73 Å². The van der Waals surface area contributed by atoms with Gasteiger partial charge in [-0.1, -0.05) is 36.2 Å². The number of aryl methyl sites for hydroxylation is 1. The zero-order valence-corrected chi connectivity index (χ0v) is 10.5. The van der Waals surface area contributed by atoms with Crippen molar-refractivity contribution in [3.05, 3.63) is 33.8 Å². The van der Waals surface area contributed by atoms with Gasteiger partial charge in [0.2, 0.25) is 0 Å². The Kier molecular flexibility index (Phi) is 5.44. The Hall–Kier alpha value is -0.240. The molecular formula is C12H17Cl2N. The molecule has 0 heterocycles. The van der Waals surface area contributed by atoms with Crippen molar-refractivity contribution in [1.29, 1.82) is 0 Å². The van der Waals surface area contributed by atoms with Gasteiger partial charge in [-0.2, -0.15) is 0 Å². The summed E-state index contributed by atoms with van der Waals surface area (Å²) >= 11 is 11.8. The Labute approximate surface area is 102 Å². The van der Waals surface area contributed by atoms with Crippen molar-refractivity contribution in [3.63, 3.8) is 0 Å². The Bertz CT molecular complexity index is 312. The Morgan fingerprint density at radius 3 is 2.60 bits per heavy atom. The fraction of sp³-hybridized carbons (Fsp3) is 0.500. The summed E-state index contributed by atoms with van der Waals surface area (Å²) in [5.74, 6) is 0. The van der Waals surface area contributed by atoms with Crippen LogP contribution in [0, 0.1) is 0 Å². The van der Waals surface area contributed by atoms with Gasteiger partial charge in [-0.3, -0.25) is 0 Å². The van der Waals surface area contributed by atoms with Crippen LogP contribution < -0.4 is 5.73 Å². The highest BCUT2D eigenvalue weighted by Crippen LogP contribution is 2.23. The first-order chi connectivity index (χ1) is 7.13. The molecule has 1 atom stereocenters. The maximum Gasteiger partial charge on any atom is 0.0595 e. The van der Waals surface area contributed by atoms with Crippen LogP contribution in [0.5, 0.6) is 0 Å². The van der Waals surface area contributed by atoms with E-state index in [0.29, 0.717) is 16.1 Å². The third-order valence-corrected chi connectivity index (χ3v) is 3.29. The maximum atomic E-state index is 5.93. The van der Waals surface area contributed by atoms with Crippen LogP contribution in [0.4, 0.5) is 0 Å². The first-order valence-electron chi connectivity index (χ1n) is 5.33. The molecule has 0 aliphatic rings. The summed E-state index contributed by atoms with van der Waals surface area (Å²) in [5, 5.41) is 1.25. The van der Waals surface area contributed by atoms with E-state index in [0.717, 1.165) is 25.7 Å². The predicted molar refractivity (Wildman–Crippen MR) is 67.7 cm³/mol. The molecule has 0 saturated carbocycles. The summed E-state index contributed by atoms with van der Waals surface area (Å²) in [5.41, 5.74) is 7.07. The highest BCUT2D eigenvalue weighted by atomic mass is 35.5. The summed E-state index contributed by atoms with van der Waals surface area (Å²) in [7, 11) is 0. The van der Waals surface area contributed by atoms with E-state index in [-0.39, 0.29) is 0 Å². The Morgan fingerprint density at radius 2 is 2.00 bits per heavy atom. The quantitative estimate of drug-likeness (QED) is 0.833. The molecule has 0 spiro atoms. The molecule has 0 saturated heterocycles. The summed E-state index contributed by atoms with van der Waals surface area (Å²) in [6, 6.07) is 6.12. The van der Waals surface area contributed by atoms with Crippen molar-refractivity contribution >= 4 is 23.2 Å². The smallest absolute Gasteiger partial charge is 0.0595 e. The van der Waals surface area contributed by atoms with Crippen LogP contribution in [-0.2, 0) is 6.42 Å². The number of hydrogen-bond donors (Lipinski definition) is 1. The molecule has 0 aromatic heterocycles. The molecule has 1 unspecified atom stereocenters. The van der Waals surface area contributed by atoms with Gasteiger partial charge in [0.1, 0.15) is 0 Å². The second kappa shape index (κ2) is 6.37. The van der Waals surface area contributed by atoms with Crippen LogP contribution in [0.1, 0.15) is 31.7 Å². The minimum absolute atomic E-state index is 0.327. The molecule has 0 radical (unpaired) electrons. The van der Waals surface area contributed by atoms with Crippen molar-refractivity contribution in [2.24, 2.45) is 5.73 Å². The molecule has 0 aliphatic carbocycles. The van der Waals surface area contributed by atoms with Crippen LogP contribution >= 0.6 is 23.2 Å². The van der Waals surface area contributed by atoms with Gasteiger partial charge in [0.15, 0.2) is 0 Å². The topological polar surface area (TPSA) is 26.0 Å². The van der Waals surface area contributed by atoms with Crippen molar-refractivity contribution in [3.8, 4) is 0 Å². The average molecular weight is 246 g/mol. The second-order valence-electron chi connectivity index (χ2n) is 3.81. The summed E-state index contributed by atoms with van der Waals surface area (Å²) < 4.78 is 0. The minimum atomic E-state index is 0.327.